The molecule has 0 spiro atoms. The van der Waals surface area contributed by atoms with Crippen LogP contribution in [0.2, 0.25) is 0 Å². The van der Waals surface area contributed by atoms with Crippen LogP contribution in [-0.2, 0) is 10.0 Å². The molecule has 0 amide bonds. The molecule has 0 atom stereocenters. The predicted octanol–water partition coefficient (Wildman–Crippen LogP) is 2.93. The van der Waals surface area contributed by atoms with E-state index in [1.165, 1.54) is 0 Å². The van der Waals surface area contributed by atoms with Crippen LogP contribution in [0.4, 0.5) is 19.6 Å². The summed E-state index contributed by atoms with van der Waals surface area (Å²) in [6, 6.07) is 1.58. The third-order valence-corrected chi connectivity index (χ3v) is 4.89. The molecule has 3 N–H and O–H groups in total. The summed E-state index contributed by atoms with van der Waals surface area (Å²) in [5.41, 5.74) is 5.87. The van der Waals surface area contributed by atoms with Crippen molar-refractivity contribution in [3.05, 3.63) is 34.8 Å². The molecular formula is C12H13F2N3O2S2. The molecule has 0 saturated heterocycles. The predicted molar refractivity (Wildman–Crippen MR) is 77.8 cm³/mol. The van der Waals surface area contributed by atoms with Gasteiger partial charge in [-0.05, 0) is 18.1 Å². The standard InChI is InChI=1S/C12H13F2N3O2S2/c1-6(2)9-5-20-12(16-9)17-21(18,19)10-4-7(15)3-8(13)11(10)14/h3-6H,15H2,1-2H3,(H,16,17). The van der Waals surface area contributed by atoms with Gasteiger partial charge in [-0.1, -0.05) is 13.8 Å². The van der Waals surface area contributed by atoms with Gasteiger partial charge in [-0.3, -0.25) is 4.72 Å². The minimum atomic E-state index is -4.30. The molecule has 5 nitrogen and oxygen atoms in total. The van der Waals surface area contributed by atoms with Crippen molar-refractivity contribution < 1.29 is 17.2 Å². The molecule has 0 saturated carbocycles. The van der Waals surface area contributed by atoms with Crippen molar-refractivity contribution in [3.63, 3.8) is 0 Å². The Morgan fingerprint density at radius 2 is 2.00 bits per heavy atom. The van der Waals surface area contributed by atoms with Crippen molar-refractivity contribution in [2.45, 2.75) is 24.7 Å². The first-order valence-electron chi connectivity index (χ1n) is 5.93. The maximum absolute atomic E-state index is 13.6. The first kappa shape index (κ1) is 15.6. The van der Waals surface area contributed by atoms with Gasteiger partial charge in [-0.2, -0.15) is 0 Å². The lowest BCUT2D eigenvalue weighted by Gasteiger charge is -2.08. The molecule has 1 aromatic carbocycles. The van der Waals surface area contributed by atoms with E-state index in [1.807, 2.05) is 13.8 Å². The van der Waals surface area contributed by atoms with E-state index in [-0.39, 0.29) is 16.7 Å². The number of rotatable bonds is 4. The highest BCUT2D eigenvalue weighted by Crippen LogP contribution is 2.26. The summed E-state index contributed by atoms with van der Waals surface area (Å²) in [5.74, 6) is -2.67. The van der Waals surface area contributed by atoms with Gasteiger partial charge in [0.1, 0.15) is 4.90 Å². The Kier molecular flexibility index (Phi) is 4.15. The summed E-state index contributed by atoms with van der Waals surface area (Å²) < 4.78 is 53.2. The first-order chi connectivity index (χ1) is 9.70. The van der Waals surface area contributed by atoms with Crippen LogP contribution in [-0.4, -0.2) is 13.4 Å². The van der Waals surface area contributed by atoms with Crippen LogP contribution < -0.4 is 10.5 Å². The summed E-state index contributed by atoms with van der Waals surface area (Å²) in [5, 5.41) is 1.78. The number of thiazole rings is 1. The summed E-state index contributed by atoms with van der Waals surface area (Å²) in [6.07, 6.45) is 0. The zero-order valence-electron chi connectivity index (χ0n) is 11.2. The molecule has 0 radical (unpaired) electrons. The molecule has 1 aromatic heterocycles. The quantitative estimate of drug-likeness (QED) is 0.843. The molecule has 0 unspecified atom stereocenters. The van der Waals surface area contributed by atoms with Crippen molar-refractivity contribution in [2.75, 3.05) is 10.5 Å². The highest BCUT2D eigenvalue weighted by atomic mass is 32.2. The van der Waals surface area contributed by atoms with Gasteiger partial charge in [0.2, 0.25) is 0 Å². The molecule has 0 fully saturated rings. The Balaban J connectivity index is 2.38. The smallest absolute Gasteiger partial charge is 0.266 e. The number of halogens is 2. The molecular weight excluding hydrogens is 320 g/mol. The Morgan fingerprint density at radius 1 is 1.33 bits per heavy atom. The van der Waals surface area contributed by atoms with Crippen molar-refractivity contribution in [1.82, 2.24) is 4.98 Å². The molecule has 0 bridgehead atoms. The van der Waals surface area contributed by atoms with Gasteiger partial charge in [-0.25, -0.2) is 22.2 Å². The zero-order valence-corrected chi connectivity index (χ0v) is 12.9. The van der Waals surface area contributed by atoms with Crippen molar-refractivity contribution in [2.24, 2.45) is 0 Å². The van der Waals surface area contributed by atoms with Crippen LogP contribution in [0.1, 0.15) is 25.5 Å². The van der Waals surface area contributed by atoms with E-state index in [2.05, 4.69) is 9.71 Å². The monoisotopic (exact) mass is 333 g/mol. The molecule has 0 aliphatic rings. The Hall–Kier alpha value is -1.74. The second-order valence-electron chi connectivity index (χ2n) is 4.65. The lowest BCUT2D eigenvalue weighted by molar-refractivity contribution is 0.486. The van der Waals surface area contributed by atoms with Gasteiger partial charge in [0.25, 0.3) is 10.0 Å². The maximum atomic E-state index is 13.6. The third kappa shape index (κ3) is 3.30. The third-order valence-electron chi connectivity index (χ3n) is 2.64. The fourth-order valence-corrected chi connectivity index (χ4v) is 3.79. The first-order valence-corrected chi connectivity index (χ1v) is 8.29. The van der Waals surface area contributed by atoms with Gasteiger partial charge in [0.15, 0.2) is 16.8 Å². The number of sulfonamides is 1. The lowest BCUT2D eigenvalue weighted by atomic mass is 10.2. The van der Waals surface area contributed by atoms with Gasteiger partial charge < -0.3 is 5.73 Å². The van der Waals surface area contributed by atoms with Crippen LogP contribution in [0.15, 0.2) is 22.4 Å². The Morgan fingerprint density at radius 3 is 2.57 bits per heavy atom. The SMILES string of the molecule is CC(C)c1csc(NS(=O)(=O)c2cc(N)cc(F)c2F)n1. The van der Waals surface area contributed by atoms with E-state index >= 15 is 0 Å². The van der Waals surface area contributed by atoms with E-state index in [1.54, 1.807) is 5.38 Å². The van der Waals surface area contributed by atoms with E-state index < -0.39 is 26.6 Å². The van der Waals surface area contributed by atoms with Crippen LogP contribution in [0.3, 0.4) is 0 Å². The van der Waals surface area contributed by atoms with Crippen molar-refractivity contribution in [3.8, 4) is 0 Å². The average molecular weight is 333 g/mol. The van der Waals surface area contributed by atoms with Gasteiger partial charge in [-0.15, -0.1) is 11.3 Å². The lowest BCUT2D eigenvalue weighted by Crippen LogP contribution is -2.16. The molecule has 0 aliphatic heterocycles. The zero-order chi connectivity index (χ0) is 15.8. The largest absolute Gasteiger partial charge is 0.399 e. The maximum Gasteiger partial charge on any atom is 0.266 e. The number of hydrogen-bond acceptors (Lipinski definition) is 5. The minimum absolute atomic E-state index is 0.0842. The second-order valence-corrected chi connectivity index (χ2v) is 7.16. The highest BCUT2D eigenvalue weighted by Gasteiger charge is 2.24. The molecule has 1 heterocycles. The van der Waals surface area contributed by atoms with Gasteiger partial charge in [0.05, 0.1) is 5.69 Å². The summed E-state index contributed by atoms with van der Waals surface area (Å²) in [4.78, 5) is 3.23. The van der Waals surface area contributed by atoms with Gasteiger partial charge in [0, 0.05) is 11.1 Å². The molecule has 0 aliphatic carbocycles. The Bertz CT molecular complexity index is 773. The number of aromatic nitrogens is 1. The number of nitrogen functional groups attached to an aromatic ring is 1. The number of nitrogens with two attached hydrogens (primary N) is 1. The summed E-state index contributed by atoms with van der Waals surface area (Å²) in [6.45, 7) is 3.81. The summed E-state index contributed by atoms with van der Waals surface area (Å²) in [7, 11) is -4.30. The van der Waals surface area contributed by atoms with Crippen LogP contribution in [0, 0.1) is 11.6 Å². The fourth-order valence-electron chi connectivity index (χ4n) is 1.55. The normalized spacial score (nSPS) is 11.9. The number of benzene rings is 1. The molecule has 2 rings (SSSR count). The molecule has 2 aromatic rings. The number of nitrogens with one attached hydrogen (secondary N) is 1. The van der Waals surface area contributed by atoms with Crippen LogP contribution in [0.25, 0.3) is 0 Å². The average Bonchev–Trinajstić information content (AvgIpc) is 2.81. The number of hydrogen-bond donors (Lipinski definition) is 2. The van der Waals surface area contributed by atoms with Crippen LogP contribution >= 0.6 is 11.3 Å². The molecule has 114 valence electrons. The van der Waals surface area contributed by atoms with E-state index in [0.717, 1.165) is 17.4 Å². The van der Waals surface area contributed by atoms with E-state index in [9.17, 15) is 17.2 Å². The van der Waals surface area contributed by atoms with Crippen LogP contribution in [0.5, 0.6) is 0 Å². The summed E-state index contributed by atoms with van der Waals surface area (Å²) >= 11 is 1.06. The fraction of sp³-hybridized carbons (Fsp3) is 0.250. The van der Waals surface area contributed by atoms with Crippen molar-refractivity contribution in [1.29, 1.82) is 0 Å². The number of nitrogens with zero attached hydrogens (tertiary/aromatic N) is 1. The number of anilines is 2. The highest BCUT2D eigenvalue weighted by molar-refractivity contribution is 7.93. The van der Waals surface area contributed by atoms with E-state index in [4.69, 9.17) is 5.73 Å². The molecule has 9 heteroatoms. The Labute approximate surface area is 124 Å². The minimum Gasteiger partial charge on any atom is -0.399 e. The second kappa shape index (κ2) is 5.57. The topological polar surface area (TPSA) is 85.1 Å². The van der Waals surface area contributed by atoms with E-state index in [0.29, 0.717) is 11.8 Å². The molecule has 21 heavy (non-hydrogen) atoms. The van der Waals surface area contributed by atoms with Gasteiger partial charge >= 0.3 is 0 Å². The van der Waals surface area contributed by atoms with Crippen molar-refractivity contribution >= 4 is 32.2 Å².